The largest absolute Gasteiger partial charge is 0.504 e. The summed E-state index contributed by atoms with van der Waals surface area (Å²) in [5.74, 6) is 0.679. The number of rotatable bonds is 4. The molecule has 3 heterocycles. The van der Waals surface area contributed by atoms with Crippen molar-refractivity contribution < 1.29 is 9.84 Å². The number of phenolic OH excluding ortho intramolecular Hbond substituents is 1. The summed E-state index contributed by atoms with van der Waals surface area (Å²) in [4.78, 5) is 10.6. The first-order chi connectivity index (χ1) is 12.7. The molecule has 0 amide bonds. The second-order valence-electron chi connectivity index (χ2n) is 6.13. The van der Waals surface area contributed by atoms with Gasteiger partial charge in [-0.05, 0) is 24.3 Å². The molecule has 134 valence electrons. The molecule has 0 saturated heterocycles. The van der Waals surface area contributed by atoms with Crippen LogP contribution in [-0.4, -0.2) is 49.5 Å². The molecule has 0 radical (unpaired) electrons. The predicted octanol–water partition coefficient (Wildman–Crippen LogP) is 2.59. The van der Waals surface area contributed by atoms with E-state index in [0.29, 0.717) is 23.9 Å². The Morgan fingerprint density at radius 3 is 2.92 bits per heavy atom. The Morgan fingerprint density at radius 2 is 2.15 bits per heavy atom. The molecule has 0 spiro atoms. The Balaban J connectivity index is 1.58. The van der Waals surface area contributed by atoms with Crippen molar-refractivity contribution in [2.75, 3.05) is 19.7 Å². The van der Waals surface area contributed by atoms with E-state index >= 15 is 0 Å². The van der Waals surface area contributed by atoms with Gasteiger partial charge in [0.2, 0.25) is 0 Å². The van der Waals surface area contributed by atoms with E-state index in [1.165, 1.54) is 6.33 Å². The summed E-state index contributed by atoms with van der Waals surface area (Å²) in [5, 5.41) is 15.1. The van der Waals surface area contributed by atoms with Crippen molar-refractivity contribution in [1.82, 2.24) is 24.6 Å². The van der Waals surface area contributed by atoms with Gasteiger partial charge in [-0.15, -0.1) is 0 Å². The Labute approximate surface area is 155 Å². The van der Waals surface area contributed by atoms with Crippen LogP contribution in [0.15, 0.2) is 43.1 Å². The minimum Gasteiger partial charge on any atom is -0.504 e. The monoisotopic (exact) mass is 371 g/mol. The van der Waals surface area contributed by atoms with Crippen LogP contribution in [0.3, 0.4) is 0 Å². The van der Waals surface area contributed by atoms with Crippen LogP contribution >= 0.6 is 11.6 Å². The fourth-order valence-corrected chi connectivity index (χ4v) is 3.14. The maximum Gasteiger partial charge on any atom is 0.165 e. The van der Waals surface area contributed by atoms with Crippen molar-refractivity contribution in [2.45, 2.75) is 13.1 Å². The summed E-state index contributed by atoms with van der Waals surface area (Å²) in [6.07, 6.45) is 4.84. The van der Waals surface area contributed by atoms with E-state index in [0.717, 1.165) is 36.5 Å². The van der Waals surface area contributed by atoms with Gasteiger partial charge in [0.15, 0.2) is 11.5 Å². The molecule has 0 bridgehead atoms. The average Bonchev–Trinajstić information content (AvgIpc) is 3.07. The molecule has 0 unspecified atom stereocenters. The zero-order valence-corrected chi connectivity index (χ0v) is 14.8. The van der Waals surface area contributed by atoms with E-state index in [-0.39, 0.29) is 5.75 Å². The van der Waals surface area contributed by atoms with Crippen LogP contribution in [-0.2, 0) is 13.1 Å². The number of aromatic hydroxyl groups is 1. The van der Waals surface area contributed by atoms with Crippen LogP contribution in [0.25, 0.3) is 11.3 Å². The van der Waals surface area contributed by atoms with Gasteiger partial charge in [0, 0.05) is 37.0 Å². The third-order valence-corrected chi connectivity index (χ3v) is 4.55. The lowest BCUT2D eigenvalue weighted by Crippen LogP contribution is -2.29. The molecule has 4 rings (SSSR count). The second-order valence-corrected chi connectivity index (χ2v) is 6.56. The zero-order chi connectivity index (χ0) is 17.9. The van der Waals surface area contributed by atoms with Crippen molar-refractivity contribution in [2.24, 2.45) is 0 Å². The molecule has 1 aliphatic heterocycles. The zero-order valence-electron chi connectivity index (χ0n) is 14.0. The van der Waals surface area contributed by atoms with Crippen LogP contribution in [0, 0.1) is 0 Å². The van der Waals surface area contributed by atoms with Gasteiger partial charge in [0.1, 0.15) is 19.3 Å². The Hall–Kier alpha value is -2.64. The molecule has 0 saturated carbocycles. The van der Waals surface area contributed by atoms with Gasteiger partial charge < -0.3 is 9.84 Å². The maximum atomic E-state index is 10.4. The number of halogens is 1. The van der Waals surface area contributed by atoms with Crippen LogP contribution in [0.1, 0.15) is 5.56 Å². The summed E-state index contributed by atoms with van der Waals surface area (Å²) in [6, 6.07) is 7.32. The molecular weight excluding hydrogens is 354 g/mol. The highest BCUT2D eigenvalue weighted by Gasteiger charge is 2.20. The smallest absolute Gasteiger partial charge is 0.165 e. The second kappa shape index (κ2) is 7.31. The number of fused-ring (bicyclic) bond motifs is 1. The van der Waals surface area contributed by atoms with Gasteiger partial charge in [-0.2, -0.15) is 5.10 Å². The van der Waals surface area contributed by atoms with Gasteiger partial charge in [-0.1, -0.05) is 11.6 Å². The number of ether oxygens (including phenoxy) is 1. The highest BCUT2D eigenvalue weighted by atomic mass is 35.5. The molecule has 1 aliphatic rings. The maximum absolute atomic E-state index is 10.4. The minimum absolute atomic E-state index is 0.132. The Morgan fingerprint density at radius 1 is 1.23 bits per heavy atom. The number of nitrogens with zero attached hydrogens (tertiary/aromatic N) is 5. The highest BCUT2D eigenvalue weighted by molar-refractivity contribution is 6.30. The molecule has 0 fully saturated rings. The van der Waals surface area contributed by atoms with E-state index in [1.54, 1.807) is 29.3 Å². The van der Waals surface area contributed by atoms with Crippen molar-refractivity contribution in [3.63, 3.8) is 0 Å². The number of phenols is 1. The number of pyridine rings is 1. The number of benzene rings is 1. The van der Waals surface area contributed by atoms with Gasteiger partial charge in [0.05, 0.1) is 17.3 Å². The molecule has 26 heavy (non-hydrogen) atoms. The van der Waals surface area contributed by atoms with Gasteiger partial charge in [-0.3, -0.25) is 14.6 Å². The summed E-state index contributed by atoms with van der Waals surface area (Å²) < 4.78 is 7.59. The molecule has 3 aromatic rings. The first-order valence-electron chi connectivity index (χ1n) is 8.34. The molecule has 0 aliphatic carbocycles. The van der Waals surface area contributed by atoms with E-state index < -0.39 is 0 Å². The topological polar surface area (TPSA) is 76.3 Å². The van der Waals surface area contributed by atoms with Crippen molar-refractivity contribution in [3.05, 3.63) is 53.7 Å². The average molecular weight is 372 g/mol. The fraction of sp³-hybridized carbons (Fsp3) is 0.278. The summed E-state index contributed by atoms with van der Waals surface area (Å²) in [5.41, 5.74) is 2.53. The number of aromatic nitrogens is 4. The third-order valence-electron chi connectivity index (χ3n) is 4.33. The summed E-state index contributed by atoms with van der Waals surface area (Å²) in [6.45, 7) is 3.54. The molecule has 0 atom stereocenters. The van der Waals surface area contributed by atoms with E-state index in [2.05, 4.69) is 20.0 Å². The highest BCUT2D eigenvalue weighted by Crippen LogP contribution is 2.37. The van der Waals surface area contributed by atoms with E-state index in [4.69, 9.17) is 16.3 Å². The normalized spacial score (nSPS) is 14.5. The molecule has 2 aromatic heterocycles. The van der Waals surface area contributed by atoms with Gasteiger partial charge in [0.25, 0.3) is 0 Å². The van der Waals surface area contributed by atoms with Crippen LogP contribution in [0.5, 0.6) is 11.5 Å². The van der Waals surface area contributed by atoms with Crippen LogP contribution in [0.4, 0.5) is 0 Å². The predicted molar refractivity (Wildman–Crippen MR) is 97.1 cm³/mol. The summed E-state index contributed by atoms with van der Waals surface area (Å²) in [7, 11) is 0. The van der Waals surface area contributed by atoms with Crippen molar-refractivity contribution in [1.29, 1.82) is 0 Å². The quantitative estimate of drug-likeness (QED) is 0.759. The third kappa shape index (κ3) is 3.63. The molecule has 7 nitrogen and oxygen atoms in total. The standard InChI is InChI=1S/C18H18ClN5O2/c19-15-1-2-16(21-9-15)13-7-14-10-23(3-4-24-12-20-11-22-24)5-6-26-18(14)17(25)8-13/h1-2,7-9,11-12,25H,3-6,10H2. The van der Waals surface area contributed by atoms with Gasteiger partial charge in [-0.25, -0.2) is 4.98 Å². The Bertz CT molecular complexity index is 883. The Kier molecular flexibility index (Phi) is 4.73. The van der Waals surface area contributed by atoms with Gasteiger partial charge >= 0.3 is 0 Å². The van der Waals surface area contributed by atoms with Crippen LogP contribution < -0.4 is 4.74 Å². The lowest BCUT2D eigenvalue weighted by Gasteiger charge is -2.19. The van der Waals surface area contributed by atoms with E-state index in [1.807, 2.05) is 12.1 Å². The minimum atomic E-state index is 0.132. The molecule has 1 N–H and O–H groups in total. The fourth-order valence-electron chi connectivity index (χ4n) is 3.03. The molecule has 8 heteroatoms. The first kappa shape index (κ1) is 16.8. The van der Waals surface area contributed by atoms with E-state index in [9.17, 15) is 5.11 Å². The summed E-state index contributed by atoms with van der Waals surface area (Å²) >= 11 is 5.91. The lowest BCUT2D eigenvalue weighted by molar-refractivity contribution is 0.215. The molecular formula is C18H18ClN5O2. The van der Waals surface area contributed by atoms with Crippen LogP contribution in [0.2, 0.25) is 5.02 Å². The van der Waals surface area contributed by atoms with Crippen molar-refractivity contribution in [3.8, 4) is 22.8 Å². The first-order valence-corrected chi connectivity index (χ1v) is 8.72. The number of hydrogen-bond acceptors (Lipinski definition) is 6. The lowest BCUT2D eigenvalue weighted by atomic mass is 10.0. The molecule has 1 aromatic carbocycles. The SMILES string of the molecule is Oc1cc(-c2ccc(Cl)cn2)cc2c1OCCN(CCn1cncn1)C2. The van der Waals surface area contributed by atoms with Crippen molar-refractivity contribution >= 4 is 11.6 Å². The number of hydrogen-bond donors (Lipinski definition) is 1.